The Balaban J connectivity index is 1.45. The molecule has 0 radical (unpaired) electrons. The number of likely N-dealkylation sites (tertiary alicyclic amines) is 1. The van der Waals surface area contributed by atoms with Gasteiger partial charge in [0, 0.05) is 6.54 Å². The van der Waals surface area contributed by atoms with Crippen molar-refractivity contribution < 1.29 is 18.5 Å². The highest BCUT2D eigenvalue weighted by molar-refractivity contribution is 7.47. The van der Waals surface area contributed by atoms with Gasteiger partial charge < -0.3 is 9.79 Å². The van der Waals surface area contributed by atoms with E-state index in [9.17, 15) is 9.46 Å². The van der Waals surface area contributed by atoms with Crippen molar-refractivity contribution in [3.63, 3.8) is 0 Å². The van der Waals surface area contributed by atoms with Crippen LogP contribution in [0.25, 0.3) is 0 Å². The van der Waals surface area contributed by atoms with Crippen molar-refractivity contribution in [1.82, 2.24) is 4.90 Å². The van der Waals surface area contributed by atoms with Gasteiger partial charge in [-0.25, -0.2) is 4.57 Å². The van der Waals surface area contributed by atoms with Crippen LogP contribution in [0.5, 0.6) is 0 Å². The second kappa shape index (κ2) is 12.2. The number of piperidine rings is 1. The molecule has 0 aromatic heterocycles. The van der Waals surface area contributed by atoms with Crippen molar-refractivity contribution in [2.24, 2.45) is 0 Å². The van der Waals surface area contributed by atoms with Gasteiger partial charge in [-0.1, -0.05) is 24.5 Å². The zero-order valence-corrected chi connectivity index (χ0v) is 16.6. The van der Waals surface area contributed by atoms with Gasteiger partial charge in [-0.2, -0.15) is 0 Å². The highest BCUT2D eigenvalue weighted by Gasteiger charge is 2.20. The van der Waals surface area contributed by atoms with E-state index >= 15 is 0 Å². The van der Waals surface area contributed by atoms with Crippen LogP contribution in [0.15, 0.2) is 11.6 Å². The van der Waals surface area contributed by atoms with E-state index in [0.29, 0.717) is 6.61 Å². The van der Waals surface area contributed by atoms with Gasteiger partial charge in [-0.3, -0.25) is 9.05 Å². The van der Waals surface area contributed by atoms with Gasteiger partial charge in [-0.15, -0.1) is 0 Å². The van der Waals surface area contributed by atoms with Crippen molar-refractivity contribution in [2.75, 3.05) is 32.8 Å². The summed E-state index contributed by atoms with van der Waals surface area (Å²) in [5, 5.41) is 0. The normalized spacial score (nSPS) is 21.9. The van der Waals surface area contributed by atoms with Crippen LogP contribution in [0.2, 0.25) is 0 Å². The summed E-state index contributed by atoms with van der Waals surface area (Å²) < 4.78 is 22.0. The SMILES string of the molecule is O=P(O)(OCCCCC=C1CCCCC1)OCCCN1CCCCC1. The minimum atomic E-state index is -3.87. The first-order valence-electron chi connectivity index (χ1n) is 10.2. The van der Waals surface area contributed by atoms with Crippen molar-refractivity contribution in [3.05, 3.63) is 11.6 Å². The van der Waals surface area contributed by atoms with Crippen LogP contribution in [-0.2, 0) is 13.6 Å². The molecular formula is C19H36NO4P. The minimum absolute atomic E-state index is 0.288. The molecule has 146 valence electrons. The monoisotopic (exact) mass is 373 g/mol. The maximum Gasteiger partial charge on any atom is 0.472 e. The van der Waals surface area contributed by atoms with Crippen LogP contribution in [0.3, 0.4) is 0 Å². The maximum absolute atomic E-state index is 11.8. The van der Waals surface area contributed by atoms with Crippen molar-refractivity contribution in [2.45, 2.75) is 77.0 Å². The second-order valence-corrected chi connectivity index (χ2v) is 8.76. The fourth-order valence-corrected chi connectivity index (χ4v) is 4.43. The van der Waals surface area contributed by atoms with E-state index in [4.69, 9.17) is 9.05 Å². The molecule has 1 saturated heterocycles. The molecule has 2 rings (SSSR count). The number of unbranched alkanes of at least 4 members (excludes halogenated alkanes) is 2. The fourth-order valence-electron chi connectivity index (χ4n) is 3.63. The molecule has 2 fully saturated rings. The van der Waals surface area contributed by atoms with Crippen molar-refractivity contribution in [3.8, 4) is 0 Å². The van der Waals surface area contributed by atoms with Crippen LogP contribution in [0.1, 0.15) is 77.0 Å². The molecule has 1 aliphatic heterocycles. The number of hydrogen-bond donors (Lipinski definition) is 1. The zero-order chi connectivity index (χ0) is 17.8. The van der Waals surface area contributed by atoms with E-state index in [2.05, 4.69) is 11.0 Å². The first-order chi connectivity index (χ1) is 12.2. The number of nitrogens with zero attached hydrogens (tertiary/aromatic N) is 1. The standard InChI is InChI=1S/C19H36NO4P/c21-25(22,24-18-10-16-20-14-7-3-8-15-20)23-17-9-2-6-13-19-11-4-1-5-12-19/h13H,1-12,14-18H2,(H,21,22). The topological polar surface area (TPSA) is 59.0 Å². The van der Waals surface area contributed by atoms with E-state index in [1.165, 1.54) is 51.4 Å². The van der Waals surface area contributed by atoms with Gasteiger partial charge in [0.1, 0.15) is 0 Å². The molecule has 1 aliphatic carbocycles. The maximum atomic E-state index is 11.8. The molecule has 1 atom stereocenters. The van der Waals surface area contributed by atoms with Gasteiger partial charge in [0.25, 0.3) is 0 Å². The molecule has 0 aromatic carbocycles. The summed E-state index contributed by atoms with van der Waals surface area (Å²) in [6.45, 7) is 3.81. The lowest BCUT2D eigenvalue weighted by Gasteiger charge is -2.26. The van der Waals surface area contributed by atoms with Gasteiger partial charge in [-0.05, 0) is 77.3 Å². The molecule has 0 aromatic rings. The molecule has 0 bridgehead atoms. The van der Waals surface area contributed by atoms with Crippen LogP contribution in [0.4, 0.5) is 0 Å². The zero-order valence-electron chi connectivity index (χ0n) is 15.7. The van der Waals surface area contributed by atoms with Crippen LogP contribution in [-0.4, -0.2) is 42.6 Å². The van der Waals surface area contributed by atoms with E-state index in [1.54, 1.807) is 5.57 Å². The van der Waals surface area contributed by atoms with Gasteiger partial charge >= 0.3 is 7.82 Å². The first kappa shape index (κ1) is 21.1. The number of phosphoric ester groups is 1. The highest BCUT2D eigenvalue weighted by atomic mass is 31.2. The van der Waals surface area contributed by atoms with Crippen molar-refractivity contribution in [1.29, 1.82) is 0 Å². The van der Waals surface area contributed by atoms with E-state index in [0.717, 1.165) is 45.3 Å². The van der Waals surface area contributed by atoms with Gasteiger partial charge in [0.05, 0.1) is 13.2 Å². The predicted octanol–water partition coefficient (Wildman–Crippen LogP) is 5.06. The molecule has 2 aliphatic rings. The molecule has 1 unspecified atom stereocenters. The van der Waals surface area contributed by atoms with E-state index in [-0.39, 0.29) is 6.61 Å². The lowest BCUT2D eigenvalue weighted by Crippen LogP contribution is -2.31. The quantitative estimate of drug-likeness (QED) is 0.312. The summed E-state index contributed by atoms with van der Waals surface area (Å²) in [4.78, 5) is 12.1. The number of allylic oxidation sites excluding steroid dienone is 2. The van der Waals surface area contributed by atoms with Crippen LogP contribution < -0.4 is 0 Å². The largest absolute Gasteiger partial charge is 0.472 e. The second-order valence-electron chi connectivity index (χ2n) is 7.31. The first-order valence-corrected chi connectivity index (χ1v) is 11.7. The Kier molecular flexibility index (Phi) is 10.3. The van der Waals surface area contributed by atoms with Crippen LogP contribution in [0, 0.1) is 0 Å². The number of phosphoric acid groups is 1. The Labute approximate surface area is 153 Å². The Hall–Kier alpha value is -0.190. The Morgan fingerprint density at radius 1 is 0.920 bits per heavy atom. The predicted molar refractivity (Wildman–Crippen MR) is 102 cm³/mol. The molecule has 0 amide bonds. The molecule has 1 N–H and O–H groups in total. The summed E-state index contributed by atoms with van der Waals surface area (Å²) in [7, 11) is -3.87. The lowest BCUT2D eigenvalue weighted by atomic mass is 9.94. The third kappa shape index (κ3) is 9.91. The summed E-state index contributed by atoms with van der Waals surface area (Å²) in [6, 6.07) is 0. The van der Waals surface area contributed by atoms with Crippen LogP contribution >= 0.6 is 7.82 Å². The number of hydrogen-bond acceptors (Lipinski definition) is 4. The summed E-state index contributed by atoms with van der Waals surface area (Å²) >= 11 is 0. The number of rotatable bonds is 11. The van der Waals surface area contributed by atoms with Crippen molar-refractivity contribution >= 4 is 7.82 Å². The molecule has 1 heterocycles. The lowest BCUT2D eigenvalue weighted by molar-refractivity contribution is 0.137. The molecule has 1 saturated carbocycles. The minimum Gasteiger partial charge on any atom is -0.303 e. The Bertz CT molecular complexity index is 427. The third-order valence-electron chi connectivity index (χ3n) is 5.10. The van der Waals surface area contributed by atoms with E-state index in [1.807, 2.05) is 0 Å². The summed E-state index contributed by atoms with van der Waals surface area (Å²) in [5.41, 5.74) is 1.59. The van der Waals surface area contributed by atoms with E-state index < -0.39 is 7.82 Å². The molecule has 25 heavy (non-hydrogen) atoms. The highest BCUT2D eigenvalue weighted by Crippen LogP contribution is 2.43. The average molecular weight is 373 g/mol. The summed E-state index contributed by atoms with van der Waals surface area (Å²) in [6.07, 6.45) is 16.4. The molecule has 0 spiro atoms. The third-order valence-corrected chi connectivity index (χ3v) is 6.12. The van der Waals surface area contributed by atoms with Gasteiger partial charge in [0.15, 0.2) is 0 Å². The fraction of sp³-hybridized carbons (Fsp3) is 0.895. The Morgan fingerprint density at radius 3 is 2.28 bits per heavy atom. The Morgan fingerprint density at radius 2 is 1.56 bits per heavy atom. The average Bonchev–Trinajstić information content (AvgIpc) is 2.63. The van der Waals surface area contributed by atoms with Gasteiger partial charge in [0.2, 0.25) is 0 Å². The summed E-state index contributed by atoms with van der Waals surface area (Å²) in [5.74, 6) is 0. The molecule has 5 nitrogen and oxygen atoms in total. The molecule has 6 heteroatoms. The smallest absolute Gasteiger partial charge is 0.303 e. The molecular weight excluding hydrogens is 337 g/mol.